The molecule has 7 heteroatoms. The lowest BCUT2D eigenvalue weighted by atomic mass is 9.93. The lowest BCUT2D eigenvalue weighted by Gasteiger charge is -2.33. The van der Waals surface area contributed by atoms with Gasteiger partial charge in [-0.3, -0.25) is 0 Å². The van der Waals surface area contributed by atoms with Crippen LogP contribution in [0.25, 0.3) is 11.3 Å². The minimum Gasteiger partial charge on any atom is -0.472 e. The zero-order valence-corrected chi connectivity index (χ0v) is 20.5. The van der Waals surface area contributed by atoms with Crippen LogP contribution in [0, 0.1) is 17.7 Å². The molecule has 0 aliphatic carbocycles. The zero-order valence-electron chi connectivity index (χ0n) is 20.5. The van der Waals surface area contributed by atoms with E-state index in [4.69, 9.17) is 14.1 Å². The minimum atomic E-state index is -0.379. The number of halogens is 1. The van der Waals surface area contributed by atoms with Gasteiger partial charge in [-0.25, -0.2) is 14.2 Å². The van der Waals surface area contributed by atoms with Crippen molar-refractivity contribution in [2.45, 2.75) is 45.6 Å². The largest absolute Gasteiger partial charge is 0.472 e. The molecule has 35 heavy (non-hydrogen) atoms. The first kappa shape index (κ1) is 24.8. The number of carbonyl (C=O) groups is 1. The molecule has 0 bridgehead atoms. The molecule has 1 aliphatic rings. The molecule has 1 saturated heterocycles. The van der Waals surface area contributed by atoms with Crippen molar-refractivity contribution in [1.29, 1.82) is 0 Å². The Morgan fingerprint density at radius 1 is 1.17 bits per heavy atom. The van der Waals surface area contributed by atoms with Gasteiger partial charge in [0.15, 0.2) is 0 Å². The van der Waals surface area contributed by atoms with Crippen LogP contribution < -0.4 is 10.2 Å². The Hall–Kier alpha value is -3.35. The molecule has 0 spiro atoms. The van der Waals surface area contributed by atoms with Gasteiger partial charge in [-0.05, 0) is 80.0 Å². The van der Waals surface area contributed by atoms with Gasteiger partial charge in [0, 0.05) is 30.8 Å². The third-order valence-electron chi connectivity index (χ3n) is 6.48. The summed E-state index contributed by atoms with van der Waals surface area (Å²) >= 11 is 0. The fraction of sp³-hybridized carbons (Fsp3) is 0.429. The smallest absolute Gasteiger partial charge is 0.407 e. The van der Waals surface area contributed by atoms with Gasteiger partial charge in [0.1, 0.15) is 17.7 Å². The second-order valence-corrected chi connectivity index (χ2v) is 9.61. The van der Waals surface area contributed by atoms with Gasteiger partial charge in [-0.2, -0.15) is 0 Å². The number of benzene rings is 1. The summed E-state index contributed by atoms with van der Waals surface area (Å²) in [5.74, 6) is 1.65. The third-order valence-corrected chi connectivity index (χ3v) is 6.48. The molecule has 1 aromatic carbocycles. The topological polar surface area (TPSA) is 67.6 Å². The summed E-state index contributed by atoms with van der Waals surface area (Å²) in [6, 6.07) is 14.3. The SMILES string of the molecule is CC(C)CC(OC(=O)NCCC1CCN(c2cccc(-c3ccc(F)cc3)n2)CC1)c1ccoc1. The first-order chi connectivity index (χ1) is 17.0. The molecule has 1 amide bonds. The average molecular weight is 480 g/mol. The van der Waals surface area contributed by atoms with Gasteiger partial charge in [-0.1, -0.05) is 19.9 Å². The fourth-order valence-corrected chi connectivity index (χ4v) is 4.52. The van der Waals surface area contributed by atoms with Gasteiger partial charge in [0.05, 0.1) is 18.2 Å². The molecule has 0 radical (unpaired) electrons. The van der Waals surface area contributed by atoms with Crippen LogP contribution in [0.15, 0.2) is 65.5 Å². The summed E-state index contributed by atoms with van der Waals surface area (Å²) in [5.41, 5.74) is 2.64. The van der Waals surface area contributed by atoms with Crippen molar-refractivity contribution >= 4 is 11.9 Å². The first-order valence-electron chi connectivity index (χ1n) is 12.4. The highest BCUT2D eigenvalue weighted by Crippen LogP contribution is 2.27. The Kier molecular flexibility index (Phi) is 8.40. The number of rotatable bonds is 9. The standard InChI is InChI=1S/C28H34FN3O3/c1-20(2)18-26(23-13-17-34-19-23)35-28(33)30-14-10-21-11-15-32(16-12-21)27-5-3-4-25(31-27)22-6-8-24(29)9-7-22/h3-9,13,17,19-21,26H,10-12,14-16,18H2,1-2H3,(H,30,33). The number of nitrogens with zero attached hydrogens (tertiary/aromatic N) is 2. The van der Waals surface area contributed by atoms with Crippen LogP contribution in [0.4, 0.5) is 15.0 Å². The first-order valence-corrected chi connectivity index (χ1v) is 12.4. The number of pyridine rings is 1. The van der Waals surface area contributed by atoms with E-state index in [0.29, 0.717) is 18.4 Å². The van der Waals surface area contributed by atoms with Gasteiger partial charge in [0.25, 0.3) is 0 Å². The molecule has 186 valence electrons. The van der Waals surface area contributed by atoms with Crippen LogP contribution in [0.2, 0.25) is 0 Å². The highest BCUT2D eigenvalue weighted by Gasteiger charge is 2.22. The van der Waals surface area contributed by atoms with E-state index in [1.54, 1.807) is 24.7 Å². The monoisotopic (exact) mass is 479 g/mol. The number of ether oxygens (including phenoxy) is 1. The summed E-state index contributed by atoms with van der Waals surface area (Å²) in [4.78, 5) is 19.5. The van der Waals surface area contributed by atoms with Crippen molar-refractivity contribution < 1.29 is 18.3 Å². The van der Waals surface area contributed by atoms with Gasteiger partial charge >= 0.3 is 6.09 Å². The maximum atomic E-state index is 13.2. The van der Waals surface area contributed by atoms with Crippen LogP contribution in [0.5, 0.6) is 0 Å². The Bertz CT molecular complexity index is 1060. The van der Waals surface area contributed by atoms with E-state index in [1.807, 2.05) is 24.3 Å². The molecule has 1 aliphatic heterocycles. The van der Waals surface area contributed by atoms with Crippen molar-refractivity contribution in [3.05, 3.63) is 72.4 Å². The number of nitrogens with one attached hydrogen (secondary N) is 1. The Morgan fingerprint density at radius 2 is 1.94 bits per heavy atom. The summed E-state index contributed by atoms with van der Waals surface area (Å²) in [7, 11) is 0. The molecule has 3 heterocycles. The second-order valence-electron chi connectivity index (χ2n) is 9.61. The van der Waals surface area contributed by atoms with Crippen molar-refractivity contribution in [3.63, 3.8) is 0 Å². The summed E-state index contributed by atoms with van der Waals surface area (Å²) in [6.07, 6.45) is 6.33. The molecule has 1 N–H and O–H groups in total. The van der Waals surface area contributed by atoms with Crippen LogP contribution in [0.3, 0.4) is 0 Å². The molecule has 6 nitrogen and oxygen atoms in total. The number of furan rings is 1. The zero-order chi connectivity index (χ0) is 24.6. The van der Waals surface area contributed by atoms with Crippen molar-refractivity contribution in [2.24, 2.45) is 11.8 Å². The van der Waals surface area contributed by atoms with Crippen molar-refractivity contribution in [1.82, 2.24) is 10.3 Å². The maximum absolute atomic E-state index is 13.2. The number of alkyl carbamates (subject to hydrolysis) is 1. The molecule has 1 unspecified atom stereocenters. The van der Waals surface area contributed by atoms with Crippen LogP contribution >= 0.6 is 0 Å². The molecule has 0 saturated carbocycles. The van der Waals surface area contributed by atoms with Crippen LogP contribution in [-0.2, 0) is 4.74 Å². The number of aromatic nitrogens is 1. The Balaban J connectivity index is 1.21. The van der Waals surface area contributed by atoms with E-state index in [1.165, 1.54) is 12.1 Å². The molecular weight excluding hydrogens is 445 g/mol. The van der Waals surface area contributed by atoms with Crippen molar-refractivity contribution in [3.8, 4) is 11.3 Å². The summed E-state index contributed by atoms with van der Waals surface area (Å²) < 4.78 is 24.1. The molecule has 1 atom stereocenters. The number of hydrogen-bond acceptors (Lipinski definition) is 5. The van der Waals surface area contributed by atoms with E-state index < -0.39 is 0 Å². The number of carbonyl (C=O) groups excluding carboxylic acids is 1. The number of hydrogen-bond donors (Lipinski definition) is 1. The van der Waals surface area contributed by atoms with Gasteiger partial charge in [0.2, 0.25) is 0 Å². The van der Waals surface area contributed by atoms with Crippen LogP contribution in [-0.4, -0.2) is 30.7 Å². The third kappa shape index (κ3) is 7.07. The van der Waals surface area contributed by atoms with Crippen molar-refractivity contribution in [2.75, 3.05) is 24.5 Å². The van der Waals surface area contributed by atoms with E-state index in [0.717, 1.165) is 61.4 Å². The highest BCUT2D eigenvalue weighted by atomic mass is 19.1. The van der Waals surface area contributed by atoms with E-state index in [2.05, 4.69) is 24.1 Å². The molecule has 3 aromatic rings. The number of anilines is 1. The fourth-order valence-electron chi connectivity index (χ4n) is 4.52. The molecule has 1 fully saturated rings. The van der Waals surface area contributed by atoms with Gasteiger partial charge in [-0.15, -0.1) is 0 Å². The normalized spacial score (nSPS) is 15.3. The number of amides is 1. The van der Waals surface area contributed by atoms with E-state index in [-0.39, 0.29) is 18.0 Å². The van der Waals surface area contributed by atoms with E-state index in [9.17, 15) is 9.18 Å². The molecule has 4 rings (SSSR count). The average Bonchev–Trinajstić information content (AvgIpc) is 3.40. The van der Waals surface area contributed by atoms with Gasteiger partial charge < -0.3 is 19.4 Å². The predicted octanol–water partition coefficient (Wildman–Crippen LogP) is 6.60. The van der Waals surface area contributed by atoms with Crippen LogP contribution in [0.1, 0.15) is 51.2 Å². The second kappa shape index (κ2) is 11.9. The predicted molar refractivity (Wildman–Crippen MR) is 135 cm³/mol. The molecule has 2 aromatic heterocycles. The highest BCUT2D eigenvalue weighted by molar-refractivity contribution is 5.67. The quantitative estimate of drug-likeness (QED) is 0.374. The number of piperidine rings is 1. The Labute approximate surface area is 206 Å². The molecular formula is C28H34FN3O3. The summed E-state index contributed by atoms with van der Waals surface area (Å²) in [5, 5.41) is 2.92. The lowest BCUT2D eigenvalue weighted by molar-refractivity contribution is 0.0843. The lowest BCUT2D eigenvalue weighted by Crippen LogP contribution is -2.36. The minimum absolute atomic E-state index is 0.247. The Morgan fingerprint density at radius 3 is 2.63 bits per heavy atom. The summed E-state index contributed by atoms with van der Waals surface area (Å²) in [6.45, 7) is 6.66. The van der Waals surface area contributed by atoms with E-state index >= 15 is 0 Å². The maximum Gasteiger partial charge on any atom is 0.407 e.